The first kappa shape index (κ1) is 16.5. The Morgan fingerprint density at radius 3 is 2.42 bits per heavy atom. The summed E-state index contributed by atoms with van der Waals surface area (Å²) >= 11 is 0. The Morgan fingerprint density at radius 2 is 1.71 bits per heavy atom. The third kappa shape index (κ3) is 3.75. The van der Waals surface area contributed by atoms with Gasteiger partial charge in [-0.1, -0.05) is 55.3 Å². The molecular weight excluding hydrogens is 305 g/mol. The van der Waals surface area contributed by atoms with Crippen LogP contribution in [0.5, 0.6) is 5.75 Å². The van der Waals surface area contributed by atoms with Crippen molar-refractivity contribution in [3.63, 3.8) is 0 Å². The molecule has 3 rings (SSSR count). The molecule has 4 heteroatoms. The van der Waals surface area contributed by atoms with E-state index in [4.69, 9.17) is 4.74 Å². The molecule has 0 spiro atoms. The fourth-order valence-corrected chi connectivity index (χ4v) is 3.43. The van der Waals surface area contributed by atoms with Crippen LogP contribution in [0.4, 0.5) is 4.39 Å². The molecule has 0 unspecified atom stereocenters. The SMILES string of the molecule is O=C(COc1ccccc1F)NCC1(c2ccccc2)CCCC1. The highest BCUT2D eigenvalue weighted by Crippen LogP contribution is 2.40. The standard InChI is InChI=1S/C20H22FNO2/c21-17-10-4-5-11-18(17)24-14-19(23)22-15-20(12-6-7-13-20)16-8-2-1-3-9-16/h1-5,8-11H,6-7,12-15H2,(H,22,23). The number of carbonyl (C=O) groups excluding carboxylic acids is 1. The number of hydrogen-bond donors (Lipinski definition) is 1. The maximum absolute atomic E-state index is 13.5. The Morgan fingerprint density at radius 1 is 1.04 bits per heavy atom. The third-order valence-electron chi connectivity index (χ3n) is 4.77. The number of ether oxygens (including phenoxy) is 1. The molecule has 3 nitrogen and oxygen atoms in total. The molecule has 24 heavy (non-hydrogen) atoms. The van der Waals surface area contributed by atoms with Crippen molar-refractivity contribution in [2.24, 2.45) is 0 Å². The summed E-state index contributed by atoms with van der Waals surface area (Å²) in [6, 6.07) is 16.5. The normalized spacial score (nSPS) is 15.9. The van der Waals surface area contributed by atoms with Crippen molar-refractivity contribution in [2.75, 3.05) is 13.2 Å². The molecule has 0 radical (unpaired) electrons. The zero-order chi connectivity index (χ0) is 16.8. The van der Waals surface area contributed by atoms with Gasteiger partial charge in [0.25, 0.3) is 5.91 Å². The number of halogens is 1. The number of carbonyl (C=O) groups is 1. The summed E-state index contributed by atoms with van der Waals surface area (Å²) in [5.41, 5.74) is 1.28. The summed E-state index contributed by atoms with van der Waals surface area (Å²) in [7, 11) is 0. The summed E-state index contributed by atoms with van der Waals surface area (Å²) in [6.07, 6.45) is 4.50. The minimum absolute atomic E-state index is 0.00885. The molecule has 1 amide bonds. The van der Waals surface area contributed by atoms with E-state index in [-0.39, 0.29) is 23.7 Å². The first-order valence-electron chi connectivity index (χ1n) is 8.39. The van der Waals surface area contributed by atoms with Crippen LogP contribution in [0.2, 0.25) is 0 Å². The Hall–Kier alpha value is -2.36. The summed E-state index contributed by atoms with van der Waals surface area (Å²) < 4.78 is 18.8. The van der Waals surface area contributed by atoms with Crippen LogP contribution in [0, 0.1) is 5.82 Å². The second-order valence-electron chi connectivity index (χ2n) is 6.35. The lowest BCUT2D eigenvalue weighted by atomic mass is 9.79. The van der Waals surface area contributed by atoms with Crippen LogP contribution in [-0.2, 0) is 10.2 Å². The van der Waals surface area contributed by atoms with E-state index in [0.717, 1.165) is 12.8 Å². The van der Waals surface area contributed by atoms with Gasteiger partial charge in [-0.25, -0.2) is 4.39 Å². The molecule has 0 saturated heterocycles. The van der Waals surface area contributed by atoms with E-state index in [9.17, 15) is 9.18 Å². The van der Waals surface area contributed by atoms with Gasteiger partial charge in [0.05, 0.1) is 0 Å². The van der Waals surface area contributed by atoms with Crippen LogP contribution in [0.3, 0.4) is 0 Å². The Kier molecular flexibility index (Phi) is 5.14. The van der Waals surface area contributed by atoms with Crippen molar-refractivity contribution in [3.05, 3.63) is 66.0 Å². The van der Waals surface area contributed by atoms with E-state index in [2.05, 4.69) is 17.4 Å². The first-order valence-corrected chi connectivity index (χ1v) is 8.39. The van der Waals surface area contributed by atoms with Crippen molar-refractivity contribution in [1.29, 1.82) is 0 Å². The molecule has 2 aromatic rings. The summed E-state index contributed by atoms with van der Waals surface area (Å²) in [5, 5.41) is 2.97. The maximum Gasteiger partial charge on any atom is 0.257 e. The molecule has 0 aliphatic heterocycles. The smallest absolute Gasteiger partial charge is 0.257 e. The van der Waals surface area contributed by atoms with E-state index < -0.39 is 5.82 Å². The lowest BCUT2D eigenvalue weighted by Crippen LogP contribution is -2.40. The van der Waals surface area contributed by atoms with Crippen LogP contribution < -0.4 is 10.1 Å². The molecule has 0 bridgehead atoms. The lowest BCUT2D eigenvalue weighted by molar-refractivity contribution is -0.123. The van der Waals surface area contributed by atoms with E-state index >= 15 is 0 Å². The zero-order valence-electron chi connectivity index (χ0n) is 13.6. The number of rotatable bonds is 6. The number of benzene rings is 2. The Labute approximate surface area is 141 Å². The first-order chi connectivity index (χ1) is 11.7. The van der Waals surface area contributed by atoms with Gasteiger partial charge in [-0.15, -0.1) is 0 Å². The van der Waals surface area contributed by atoms with Gasteiger partial charge in [-0.3, -0.25) is 4.79 Å². The minimum atomic E-state index is -0.457. The molecule has 1 aliphatic rings. The van der Waals surface area contributed by atoms with E-state index in [0.29, 0.717) is 6.54 Å². The molecule has 1 N–H and O–H groups in total. The molecule has 0 heterocycles. The second-order valence-corrected chi connectivity index (χ2v) is 6.35. The molecular formula is C20H22FNO2. The summed E-state index contributed by atoms with van der Waals surface area (Å²) in [5.74, 6) is -0.575. The molecule has 0 aromatic heterocycles. The predicted octanol–water partition coefficient (Wildman–Crippen LogP) is 3.83. The van der Waals surface area contributed by atoms with Crippen LogP contribution in [0.25, 0.3) is 0 Å². The van der Waals surface area contributed by atoms with Crippen molar-refractivity contribution in [2.45, 2.75) is 31.1 Å². The molecule has 126 valence electrons. The van der Waals surface area contributed by atoms with Crippen LogP contribution in [-0.4, -0.2) is 19.1 Å². The third-order valence-corrected chi connectivity index (χ3v) is 4.77. The van der Waals surface area contributed by atoms with Crippen molar-refractivity contribution in [1.82, 2.24) is 5.32 Å². The van der Waals surface area contributed by atoms with Gasteiger partial charge in [-0.05, 0) is 30.5 Å². The average molecular weight is 327 g/mol. The van der Waals surface area contributed by atoms with Gasteiger partial charge in [0.1, 0.15) is 0 Å². The van der Waals surface area contributed by atoms with Crippen molar-refractivity contribution in [3.8, 4) is 5.75 Å². The highest BCUT2D eigenvalue weighted by Gasteiger charge is 2.35. The van der Waals surface area contributed by atoms with Crippen molar-refractivity contribution >= 4 is 5.91 Å². The highest BCUT2D eigenvalue weighted by atomic mass is 19.1. The Bertz CT molecular complexity index is 681. The quantitative estimate of drug-likeness (QED) is 0.875. The molecule has 0 atom stereocenters. The topological polar surface area (TPSA) is 38.3 Å². The van der Waals surface area contributed by atoms with E-state index in [1.807, 2.05) is 18.2 Å². The number of amides is 1. The fraction of sp³-hybridized carbons (Fsp3) is 0.350. The average Bonchev–Trinajstić information content (AvgIpc) is 3.10. The molecule has 1 saturated carbocycles. The summed E-state index contributed by atoms with van der Waals surface area (Å²) in [4.78, 5) is 12.1. The molecule has 2 aromatic carbocycles. The number of hydrogen-bond acceptors (Lipinski definition) is 2. The van der Waals surface area contributed by atoms with Gasteiger partial charge >= 0.3 is 0 Å². The van der Waals surface area contributed by atoms with Gasteiger partial charge in [0.2, 0.25) is 0 Å². The summed E-state index contributed by atoms with van der Waals surface area (Å²) in [6.45, 7) is 0.419. The van der Waals surface area contributed by atoms with Crippen LogP contribution >= 0.6 is 0 Å². The van der Waals surface area contributed by atoms with Gasteiger partial charge in [-0.2, -0.15) is 0 Å². The van der Waals surface area contributed by atoms with Gasteiger partial charge in [0.15, 0.2) is 18.2 Å². The minimum Gasteiger partial charge on any atom is -0.481 e. The zero-order valence-corrected chi connectivity index (χ0v) is 13.6. The number of nitrogens with one attached hydrogen (secondary N) is 1. The lowest BCUT2D eigenvalue weighted by Gasteiger charge is -2.30. The van der Waals surface area contributed by atoms with Crippen LogP contribution in [0.1, 0.15) is 31.2 Å². The predicted molar refractivity (Wildman–Crippen MR) is 91.5 cm³/mol. The highest BCUT2D eigenvalue weighted by molar-refractivity contribution is 5.77. The maximum atomic E-state index is 13.5. The van der Waals surface area contributed by atoms with Crippen molar-refractivity contribution < 1.29 is 13.9 Å². The largest absolute Gasteiger partial charge is 0.481 e. The Balaban J connectivity index is 1.57. The van der Waals surface area contributed by atoms with Crippen LogP contribution in [0.15, 0.2) is 54.6 Å². The fourth-order valence-electron chi connectivity index (χ4n) is 3.43. The van der Waals surface area contributed by atoms with Gasteiger partial charge in [0, 0.05) is 12.0 Å². The van der Waals surface area contributed by atoms with E-state index in [1.165, 1.54) is 30.5 Å². The monoisotopic (exact) mass is 327 g/mol. The molecule has 1 aliphatic carbocycles. The molecule has 1 fully saturated rings. The number of para-hydroxylation sites is 1. The van der Waals surface area contributed by atoms with Gasteiger partial charge < -0.3 is 10.1 Å². The second kappa shape index (κ2) is 7.47. The van der Waals surface area contributed by atoms with E-state index in [1.54, 1.807) is 12.1 Å².